The number of fused-ring (bicyclic) bond motifs is 2. The van der Waals surface area contributed by atoms with Crippen molar-refractivity contribution in [3.05, 3.63) is 142 Å². The summed E-state index contributed by atoms with van der Waals surface area (Å²) in [5.41, 5.74) is -17.0. The SMILES string of the molecule is CC(C)(C)c1cc(-c2nccc3nc(-c4ccc(-c5c(C(F)(F)F)cc(-c6c(C(F)(F)F)cc(CC(C)(C)C(F)(F)F)cc6C(F)(F)F)cc5C(F)(F)F)cc4)sc23)[c-]c2ccccc12.CCC(CC)C(=O)/C=C(\O)C(CC)CC.[Ir]. The van der Waals surface area contributed by atoms with Gasteiger partial charge in [0.2, 0.25) is 0 Å². The van der Waals surface area contributed by atoms with Crippen LogP contribution in [-0.4, -0.2) is 27.0 Å². The number of carbonyl (C=O) groups is 1. The van der Waals surface area contributed by atoms with Gasteiger partial charge >= 0.3 is 30.9 Å². The Morgan fingerprint density at radius 3 is 1.54 bits per heavy atom. The molecule has 7 aromatic rings. The minimum absolute atomic E-state index is 0. The summed E-state index contributed by atoms with van der Waals surface area (Å²) in [7, 11) is 0. The van der Waals surface area contributed by atoms with E-state index < -0.39 is 92.8 Å². The fourth-order valence-electron chi connectivity index (χ4n) is 9.43. The Bertz CT molecular complexity index is 3320. The molecule has 0 aliphatic rings. The number of benzene rings is 5. The van der Waals surface area contributed by atoms with Crippen molar-refractivity contribution in [2.24, 2.45) is 17.3 Å². The summed E-state index contributed by atoms with van der Waals surface area (Å²) in [5, 5.41) is 11.8. The molecule has 0 amide bonds. The number of halogens is 15. The molecule has 0 unspecified atom stereocenters. The van der Waals surface area contributed by atoms with Gasteiger partial charge in [0.15, 0.2) is 5.78 Å². The maximum atomic E-state index is 14.9. The first-order valence-electron chi connectivity index (χ1n) is 25.3. The Hall–Kier alpha value is -5.79. The summed E-state index contributed by atoms with van der Waals surface area (Å²) in [5.74, 6) is 0.547. The van der Waals surface area contributed by atoms with Crippen LogP contribution in [0, 0.1) is 23.3 Å². The van der Waals surface area contributed by atoms with Gasteiger partial charge < -0.3 is 5.11 Å². The van der Waals surface area contributed by atoms with Crippen LogP contribution in [-0.2, 0) is 61.4 Å². The number of carbonyl (C=O) groups excluding carboxylic acids is 1. The van der Waals surface area contributed by atoms with Gasteiger partial charge in [-0.1, -0.05) is 116 Å². The Balaban J connectivity index is 0.000000659. The van der Waals surface area contributed by atoms with Crippen molar-refractivity contribution in [2.45, 2.75) is 131 Å². The number of aromatic nitrogens is 2. The van der Waals surface area contributed by atoms with Crippen LogP contribution in [0.1, 0.15) is 121 Å². The Kier molecular flexibility index (Phi) is 20.0. The molecule has 0 spiro atoms. The summed E-state index contributed by atoms with van der Waals surface area (Å²) in [6.45, 7) is 15.2. The predicted molar refractivity (Wildman–Crippen MR) is 282 cm³/mol. The van der Waals surface area contributed by atoms with Crippen LogP contribution >= 0.6 is 11.3 Å². The summed E-state index contributed by atoms with van der Waals surface area (Å²) >= 11 is 1.13. The van der Waals surface area contributed by atoms with Crippen molar-refractivity contribution in [3.63, 3.8) is 0 Å². The average Bonchev–Trinajstić information content (AvgIpc) is 3.80. The van der Waals surface area contributed by atoms with Crippen molar-refractivity contribution < 1.29 is 95.9 Å². The van der Waals surface area contributed by atoms with E-state index in [-0.39, 0.29) is 83.7 Å². The molecule has 81 heavy (non-hydrogen) atoms. The monoisotopic (exact) mass is 1350 g/mol. The van der Waals surface area contributed by atoms with Gasteiger partial charge in [0.1, 0.15) is 5.01 Å². The normalized spacial score (nSPS) is 13.2. The van der Waals surface area contributed by atoms with E-state index in [0.29, 0.717) is 35.3 Å². The van der Waals surface area contributed by atoms with Gasteiger partial charge in [-0.2, -0.15) is 65.9 Å². The first kappa shape index (κ1) is 66.0. The molecular weight excluding hydrogens is 1290 g/mol. The van der Waals surface area contributed by atoms with Gasteiger partial charge in [-0.15, -0.1) is 40.5 Å². The average molecular weight is 1350 g/mol. The van der Waals surface area contributed by atoms with Gasteiger partial charge in [-0.3, -0.25) is 9.78 Å². The number of ketones is 1. The standard InChI is InChI=1S/C47H32F15N2S.C13H24O2.Ir/c1-41(2,3)30-21-28(18-26-8-6-7-9-29(26)30)38-39-35(14-15-63-38)64-40(65-39)25-12-10-24(11-13-25)36-33(45(54,55)56)19-27(20-34(36)46(57,58)59)37-31(43(48,49)50)16-23(17-32(37)44(51,52)53)22-42(4,5)47(60,61)62;1-5-10(6-2)12(14)9-13(15)11(7-3)8-4;/h6-17,19-21H,22H2,1-5H3;9-11,14H,5-8H2,1-4H3;/q-1;;/b;12-9-;. The van der Waals surface area contributed by atoms with E-state index in [9.17, 15) is 75.8 Å². The fraction of sp³-hybridized carbons (Fsp3) is 0.383. The third-order valence-corrected chi connectivity index (χ3v) is 15.0. The molecule has 2 aromatic heterocycles. The zero-order chi connectivity index (χ0) is 59.9. The summed E-state index contributed by atoms with van der Waals surface area (Å²) in [4.78, 5) is 20.9. The second-order valence-electron chi connectivity index (χ2n) is 21.1. The Morgan fingerprint density at radius 1 is 0.605 bits per heavy atom. The molecule has 4 nitrogen and oxygen atoms in total. The van der Waals surface area contributed by atoms with E-state index in [2.05, 4.69) is 16.0 Å². The van der Waals surface area contributed by atoms with Crippen molar-refractivity contribution in [3.8, 4) is 44.1 Å². The third kappa shape index (κ3) is 14.9. The first-order chi connectivity index (χ1) is 36.9. The van der Waals surface area contributed by atoms with Crippen LogP contribution < -0.4 is 0 Å². The molecule has 0 fully saturated rings. The first-order valence-corrected chi connectivity index (χ1v) is 26.1. The molecule has 0 aliphatic carbocycles. The van der Waals surface area contributed by atoms with Gasteiger partial charge in [0.05, 0.1) is 38.9 Å². The van der Waals surface area contributed by atoms with Crippen LogP contribution in [0.5, 0.6) is 0 Å². The molecule has 21 heteroatoms. The minimum atomic E-state index is -5.90. The van der Waals surface area contributed by atoms with Gasteiger partial charge in [0, 0.05) is 71.3 Å². The number of aliphatic hydroxyl groups is 1. The van der Waals surface area contributed by atoms with Gasteiger partial charge in [-0.25, -0.2) is 4.98 Å². The molecule has 0 bridgehead atoms. The molecule has 0 saturated heterocycles. The zero-order valence-corrected chi connectivity index (χ0v) is 48.3. The third-order valence-electron chi connectivity index (χ3n) is 13.9. The van der Waals surface area contributed by atoms with E-state index >= 15 is 0 Å². The molecule has 5 aromatic carbocycles. The fourth-order valence-corrected chi connectivity index (χ4v) is 10.5. The van der Waals surface area contributed by atoms with E-state index in [1.54, 1.807) is 6.07 Å². The largest absolute Gasteiger partial charge is 0.512 e. The van der Waals surface area contributed by atoms with Crippen molar-refractivity contribution >= 4 is 38.1 Å². The molecule has 439 valence electrons. The topological polar surface area (TPSA) is 63.1 Å². The minimum Gasteiger partial charge on any atom is -0.512 e. The predicted octanol–water partition coefficient (Wildman–Crippen LogP) is 20.7. The number of alkyl halides is 15. The van der Waals surface area contributed by atoms with Crippen LogP contribution in [0.25, 0.3) is 65.1 Å². The molecular formula is C60H56F15IrN2O2S-. The van der Waals surface area contributed by atoms with Crippen LogP contribution in [0.2, 0.25) is 0 Å². The van der Waals surface area contributed by atoms with Crippen molar-refractivity contribution in [1.29, 1.82) is 0 Å². The van der Waals surface area contributed by atoms with E-state index in [0.717, 1.165) is 65.5 Å². The smallest absolute Gasteiger partial charge is 0.417 e. The van der Waals surface area contributed by atoms with Gasteiger partial charge in [0.25, 0.3) is 0 Å². The second kappa shape index (κ2) is 24.6. The molecule has 2 heterocycles. The summed E-state index contributed by atoms with van der Waals surface area (Å²) < 4.78 is 219. The van der Waals surface area contributed by atoms with Crippen LogP contribution in [0.4, 0.5) is 65.9 Å². The summed E-state index contributed by atoms with van der Waals surface area (Å²) in [6.07, 6.45) is -23.6. The van der Waals surface area contributed by atoms with E-state index in [1.165, 1.54) is 24.4 Å². The number of thiazole rings is 1. The molecule has 0 atom stereocenters. The maximum absolute atomic E-state index is 14.9. The number of hydrogen-bond acceptors (Lipinski definition) is 5. The zero-order valence-electron chi connectivity index (χ0n) is 45.1. The number of rotatable bonds is 13. The Morgan fingerprint density at radius 2 is 1.07 bits per heavy atom. The number of aliphatic hydroxyl groups excluding tert-OH is 1. The Labute approximate surface area is 476 Å². The van der Waals surface area contributed by atoms with Crippen LogP contribution in [0.3, 0.4) is 0 Å². The van der Waals surface area contributed by atoms with E-state index in [4.69, 9.17) is 0 Å². The maximum Gasteiger partial charge on any atom is 0.417 e. The number of nitrogens with zero attached hydrogens (tertiary/aromatic N) is 2. The number of hydrogen-bond donors (Lipinski definition) is 1. The molecule has 0 aliphatic heterocycles. The number of allylic oxidation sites excluding steroid dienone is 2. The van der Waals surface area contributed by atoms with Crippen molar-refractivity contribution in [1.82, 2.24) is 9.97 Å². The van der Waals surface area contributed by atoms with E-state index in [1.807, 2.05) is 78.8 Å². The van der Waals surface area contributed by atoms with Gasteiger partial charge in [-0.05, 0) is 84.5 Å². The molecule has 7 rings (SSSR count). The number of pyridine rings is 1. The molecule has 1 N–H and O–H groups in total. The second-order valence-corrected chi connectivity index (χ2v) is 22.1. The molecule has 1 radical (unpaired) electrons. The van der Waals surface area contributed by atoms with Crippen LogP contribution in [0.15, 0.2) is 103 Å². The summed E-state index contributed by atoms with van der Waals surface area (Å²) in [6, 6.07) is 17.9. The molecule has 0 saturated carbocycles. The quantitative estimate of drug-likeness (QED) is 0.0541. The van der Waals surface area contributed by atoms with Crippen molar-refractivity contribution in [2.75, 3.05) is 0 Å².